The molecule has 0 spiro atoms. The van der Waals surface area contributed by atoms with E-state index in [9.17, 15) is 9.59 Å². The van der Waals surface area contributed by atoms with Crippen LogP contribution in [0, 0.1) is 6.92 Å². The summed E-state index contributed by atoms with van der Waals surface area (Å²) >= 11 is 1.81. The maximum Gasteiger partial charge on any atom is 0.315 e. The lowest BCUT2D eigenvalue weighted by atomic mass is 10.1. The molecule has 1 aromatic carbocycles. The molecule has 0 atom stereocenters. The van der Waals surface area contributed by atoms with E-state index in [4.69, 9.17) is 4.42 Å². The minimum atomic E-state index is -0.133. The predicted octanol–water partition coefficient (Wildman–Crippen LogP) is 3.43. The van der Waals surface area contributed by atoms with Crippen LogP contribution in [0.5, 0.6) is 0 Å². The Morgan fingerprint density at radius 1 is 1.18 bits per heavy atom. The molecule has 0 unspecified atom stereocenters. The molecule has 0 aliphatic carbocycles. The van der Waals surface area contributed by atoms with Crippen molar-refractivity contribution in [1.29, 1.82) is 0 Å². The van der Waals surface area contributed by atoms with Crippen molar-refractivity contribution in [3.63, 3.8) is 0 Å². The highest BCUT2D eigenvalue weighted by Gasteiger charge is 2.25. The van der Waals surface area contributed by atoms with Gasteiger partial charge < -0.3 is 20.0 Å². The third-order valence-corrected chi connectivity index (χ3v) is 5.80. The first-order valence-electron chi connectivity index (χ1n) is 9.62. The molecule has 1 saturated heterocycles. The van der Waals surface area contributed by atoms with Crippen LogP contribution in [0.15, 0.2) is 47.1 Å². The molecule has 28 heavy (non-hydrogen) atoms. The van der Waals surface area contributed by atoms with Gasteiger partial charge in [0.15, 0.2) is 5.76 Å². The fraction of sp³-hybridized carbons (Fsp3) is 0.429. The molecule has 7 heteroatoms. The lowest BCUT2D eigenvalue weighted by molar-refractivity contribution is 0.0676. The molecular weight excluding hydrogens is 374 g/mol. The molecule has 150 valence electrons. The zero-order chi connectivity index (χ0) is 19.8. The molecule has 1 fully saturated rings. The van der Waals surface area contributed by atoms with Crippen LogP contribution >= 0.6 is 11.8 Å². The van der Waals surface area contributed by atoms with Crippen molar-refractivity contribution in [2.45, 2.75) is 31.6 Å². The van der Waals surface area contributed by atoms with E-state index in [0.29, 0.717) is 25.4 Å². The van der Waals surface area contributed by atoms with Gasteiger partial charge in [-0.1, -0.05) is 29.8 Å². The van der Waals surface area contributed by atoms with Crippen LogP contribution < -0.4 is 10.6 Å². The molecule has 3 rings (SSSR count). The summed E-state index contributed by atoms with van der Waals surface area (Å²) in [5, 5.41) is 5.92. The van der Waals surface area contributed by atoms with E-state index in [-0.39, 0.29) is 18.0 Å². The molecule has 6 nitrogen and oxygen atoms in total. The van der Waals surface area contributed by atoms with Gasteiger partial charge in [-0.3, -0.25) is 4.79 Å². The molecule has 2 aromatic rings. The van der Waals surface area contributed by atoms with E-state index in [1.807, 2.05) is 0 Å². The van der Waals surface area contributed by atoms with Gasteiger partial charge in [-0.25, -0.2) is 4.79 Å². The Labute approximate surface area is 170 Å². The molecule has 1 aromatic heterocycles. The molecule has 2 N–H and O–H groups in total. The molecule has 0 saturated carbocycles. The molecular formula is C21H27N3O3S. The Morgan fingerprint density at radius 2 is 1.93 bits per heavy atom. The second-order valence-corrected chi connectivity index (χ2v) is 8.09. The van der Waals surface area contributed by atoms with E-state index in [2.05, 4.69) is 41.8 Å². The fourth-order valence-electron chi connectivity index (χ4n) is 3.13. The number of rotatable bonds is 7. The lowest BCUT2D eigenvalue weighted by Gasteiger charge is -2.31. The van der Waals surface area contributed by atoms with Crippen molar-refractivity contribution >= 4 is 23.7 Å². The lowest BCUT2D eigenvalue weighted by Crippen LogP contribution is -2.49. The van der Waals surface area contributed by atoms with Gasteiger partial charge >= 0.3 is 6.03 Å². The van der Waals surface area contributed by atoms with Crippen LogP contribution in [0.25, 0.3) is 0 Å². The van der Waals surface area contributed by atoms with Gasteiger partial charge in [0.05, 0.1) is 6.26 Å². The van der Waals surface area contributed by atoms with Gasteiger partial charge in [-0.05, 0) is 37.5 Å². The number of aryl methyl sites for hydroxylation is 1. The number of benzene rings is 1. The summed E-state index contributed by atoms with van der Waals surface area (Å²) in [7, 11) is 0. The highest BCUT2D eigenvalue weighted by molar-refractivity contribution is 7.98. The summed E-state index contributed by atoms with van der Waals surface area (Å²) < 4.78 is 5.16. The summed E-state index contributed by atoms with van der Waals surface area (Å²) in [5.41, 5.74) is 2.57. The van der Waals surface area contributed by atoms with E-state index in [1.165, 1.54) is 17.4 Å². The Morgan fingerprint density at radius 3 is 2.61 bits per heavy atom. The highest BCUT2D eigenvalue weighted by atomic mass is 32.2. The Balaban J connectivity index is 1.27. The number of nitrogens with zero attached hydrogens (tertiary/aromatic N) is 1. The van der Waals surface area contributed by atoms with Crippen molar-refractivity contribution in [3.05, 3.63) is 59.5 Å². The van der Waals surface area contributed by atoms with Crippen LogP contribution in [0.3, 0.4) is 0 Å². The number of furan rings is 1. The van der Waals surface area contributed by atoms with Gasteiger partial charge in [0.2, 0.25) is 0 Å². The number of thioether (sulfide) groups is 1. The average molecular weight is 402 g/mol. The zero-order valence-corrected chi connectivity index (χ0v) is 17.0. The van der Waals surface area contributed by atoms with Crippen molar-refractivity contribution in [2.24, 2.45) is 0 Å². The number of carbonyl (C=O) groups excluding carboxylic acids is 2. The van der Waals surface area contributed by atoms with Gasteiger partial charge in [0, 0.05) is 37.2 Å². The predicted molar refractivity (Wildman–Crippen MR) is 112 cm³/mol. The summed E-state index contributed by atoms with van der Waals surface area (Å²) in [6.07, 6.45) is 3.01. The number of nitrogens with one attached hydrogen (secondary N) is 2. The van der Waals surface area contributed by atoms with Crippen molar-refractivity contribution in [3.8, 4) is 0 Å². The first kappa shape index (κ1) is 20.3. The van der Waals surface area contributed by atoms with Gasteiger partial charge in [0.25, 0.3) is 5.91 Å². The van der Waals surface area contributed by atoms with Gasteiger partial charge in [-0.15, -0.1) is 0 Å². The van der Waals surface area contributed by atoms with Crippen LogP contribution in [0.1, 0.15) is 34.5 Å². The number of amides is 3. The molecule has 1 aliphatic heterocycles. The number of likely N-dealkylation sites (tertiary alicyclic amines) is 1. The monoisotopic (exact) mass is 401 g/mol. The van der Waals surface area contributed by atoms with E-state index in [1.54, 1.807) is 28.8 Å². The maximum absolute atomic E-state index is 12.2. The number of hydrogen-bond acceptors (Lipinski definition) is 4. The highest BCUT2D eigenvalue weighted by Crippen LogP contribution is 2.15. The normalized spacial score (nSPS) is 14.7. The maximum atomic E-state index is 12.2. The second kappa shape index (κ2) is 10.2. The van der Waals surface area contributed by atoms with Crippen LogP contribution in [0.2, 0.25) is 0 Å². The van der Waals surface area contributed by atoms with Gasteiger partial charge in [0.1, 0.15) is 0 Å². The molecule has 2 heterocycles. The first-order valence-corrected chi connectivity index (χ1v) is 10.8. The largest absolute Gasteiger partial charge is 0.459 e. The van der Waals surface area contributed by atoms with Crippen molar-refractivity contribution in [1.82, 2.24) is 15.5 Å². The summed E-state index contributed by atoms with van der Waals surface area (Å²) in [4.78, 5) is 26.1. The minimum Gasteiger partial charge on any atom is -0.459 e. The molecule has 3 amide bonds. The molecule has 0 bridgehead atoms. The van der Waals surface area contributed by atoms with E-state index >= 15 is 0 Å². The minimum absolute atomic E-state index is 0.0847. The zero-order valence-electron chi connectivity index (χ0n) is 16.1. The number of urea groups is 1. The van der Waals surface area contributed by atoms with Gasteiger partial charge in [-0.2, -0.15) is 11.8 Å². The third-order valence-electron chi connectivity index (χ3n) is 4.77. The molecule has 0 radical (unpaired) electrons. The third kappa shape index (κ3) is 6.05. The summed E-state index contributed by atoms with van der Waals surface area (Å²) in [6, 6.07) is 11.9. The van der Waals surface area contributed by atoms with E-state index < -0.39 is 0 Å². The van der Waals surface area contributed by atoms with Crippen LogP contribution in [-0.2, 0) is 5.75 Å². The Kier molecular flexibility index (Phi) is 7.42. The van der Waals surface area contributed by atoms with Crippen molar-refractivity contribution in [2.75, 3.05) is 25.4 Å². The second-order valence-electron chi connectivity index (χ2n) is 6.98. The average Bonchev–Trinajstić information content (AvgIpc) is 3.24. The summed E-state index contributed by atoms with van der Waals surface area (Å²) in [6.45, 7) is 3.96. The van der Waals surface area contributed by atoms with Crippen molar-refractivity contribution < 1.29 is 14.0 Å². The van der Waals surface area contributed by atoms with Crippen LogP contribution in [-0.4, -0.2) is 48.3 Å². The molecule has 1 aliphatic rings. The first-order chi connectivity index (χ1) is 13.6. The Hall–Kier alpha value is -2.41. The standard InChI is InChI=1S/C21H27N3O3S/c1-16-4-6-17(7-5-16)15-28-14-10-22-21(26)23-18-8-11-24(12-9-18)20(25)19-3-2-13-27-19/h2-7,13,18H,8-12,14-15H2,1H3,(H2,22,23,26). The Bertz CT molecular complexity index is 754. The quantitative estimate of drug-likeness (QED) is 0.697. The fourth-order valence-corrected chi connectivity index (χ4v) is 3.95. The summed E-state index contributed by atoms with van der Waals surface area (Å²) in [5.74, 6) is 2.11. The number of hydrogen-bond donors (Lipinski definition) is 2. The topological polar surface area (TPSA) is 74.6 Å². The van der Waals surface area contributed by atoms with E-state index in [0.717, 1.165) is 24.3 Å². The van der Waals surface area contributed by atoms with Crippen LogP contribution in [0.4, 0.5) is 4.79 Å². The number of piperidine rings is 1. The smallest absolute Gasteiger partial charge is 0.315 e. The number of carbonyl (C=O) groups is 2. The SMILES string of the molecule is Cc1ccc(CSCCNC(=O)NC2CCN(C(=O)c3ccco3)CC2)cc1.